The van der Waals surface area contributed by atoms with Gasteiger partial charge in [0.15, 0.2) is 0 Å². The molecule has 0 aromatic rings. The van der Waals surface area contributed by atoms with Crippen LogP contribution in [0.4, 0.5) is 0 Å². The van der Waals surface area contributed by atoms with Gasteiger partial charge >= 0.3 is 0 Å². The lowest BCUT2D eigenvalue weighted by Crippen LogP contribution is -1.99. The van der Waals surface area contributed by atoms with Gasteiger partial charge in [0.2, 0.25) is 0 Å². The summed E-state index contributed by atoms with van der Waals surface area (Å²) in [4.78, 5) is 0. The van der Waals surface area contributed by atoms with Crippen LogP contribution in [0.3, 0.4) is 0 Å². The first kappa shape index (κ1) is 18.4. The Balaban J connectivity index is 2.90. The van der Waals surface area contributed by atoms with Gasteiger partial charge in [0, 0.05) is 18.3 Å². The predicted molar refractivity (Wildman–Crippen MR) is 93.7 cm³/mol. The number of hydrogen-bond acceptors (Lipinski definition) is 0. The van der Waals surface area contributed by atoms with Crippen LogP contribution in [-0.2, 0) is 0 Å². The highest BCUT2D eigenvalue weighted by Gasteiger charge is 1.96. The summed E-state index contributed by atoms with van der Waals surface area (Å²) in [6.45, 7) is 7.28. The number of hydrogen-bond donors (Lipinski definition) is 0. The quantitative estimate of drug-likeness (QED) is 0.296. The van der Waals surface area contributed by atoms with E-state index in [0.717, 1.165) is 0 Å². The molecule has 0 heterocycles. The SMILES string of the molecule is CCCCCCCCCCC[SiH2]CCC[SiH](C)C. The van der Waals surface area contributed by atoms with E-state index in [1.165, 1.54) is 51.4 Å². The zero-order valence-corrected chi connectivity index (χ0v) is 16.0. The fraction of sp³-hybridized carbons (Fsp3) is 1.00. The molecule has 0 fully saturated rings. The van der Waals surface area contributed by atoms with Crippen LogP contribution in [0.25, 0.3) is 0 Å². The maximum Gasteiger partial charge on any atom is 0.0305 e. The lowest BCUT2D eigenvalue weighted by Gasteiger charge is -2.03. The Morgan fingerprint density at radius 1 is 0.667 bits per heavy atom. The predicted octanol–water partition coefficient (Wildman–Crippen LogP) is 5.40. The van der Waals surface area contributed by atoms with Gasteiger partial charge < -0.3 is 0 Å². The Hall–Kier alpha value is 0.434. The average molecular weight is 287 g/mol. The summed E-state index contributed by atoms with van der Waals surface area (Å²) in [5.74, 6) is 0. The summed E-state index contributed by atoms with van der Waals surface area (Å²) < 4.78 is 0. The summed E-state index contributed by atoms with van der Waals surface area (Å²) in [5, 5.41) is 0. The molecule has 2 heteroatoms. The summed E-state index contributed by atoms with van der Waals surface area (Å²) in [6, 6.07) is 4.88. The number of unbranched alkanes of at least 4 members (excludes halogenated alkanes) is 8. The molecule has 0 aliphatic carbocycles. The maximum absolute atomic E-state index is 2.49. The van der Waals surface area contributed by atoms with Crippen molar-refractivity contribution in [2.24, 2.45) is 0 Å². The van der Waals surface area contributed by atoms with Gasteiger partial charge in [0.25, 0.3) is 0 Å². The second-order valence-electron chi connectivity index (χ2n) is 6.43. The molecule has 18 heavy (non-hydrogen) atoms. The van der Waals surface area contributed by atoms with Crippen molar-refractivity contribution in [2.45, 2.75) is 102 Å². The Morgan fingerprint density at radius 3 is 1.72 bits per heavy atom. The third-order valence-corrected chi connectivity index (χ3v) is 7.45. The molecule has 0 atom stereocenters. The lowest BCUT2D eigenvalue weighted by atomic mass is 10.1. The van der Waals surface area contributed by atoms with Crippen molar-refractivity contribution in [3.05, 3.63) is 0 Å². The van der Waals surface area contributed by atoms with E-state index in [9.17, 15) is 0 Å². The highest BCUT2D eigenvalue weighted by Crippen LogP contribution is 2.11. The van der Waals surface area contributed by atoms with E-state index in [2.05, 4.69) is 20.0 Å². The molecule has 0 bridgehead atoms. The van der Waals surface area contributed by atoms with Crippen LogP contribution in [0.5, 0.6) is 0 Å². The van der Waals surface area contributed by atoms with Gasteiger partial charge in [-0.15, -0.1) is 0 Å². The van der Waals surface area contributed by atoms with Gasteiger partial charge in [0.05, 0.1) is 0 Å². The molecule has 0 radical (unpaired) electrons. The Labute approximate surface area is 121 Å². The fourth-order valence-electron chi connectivity index (χ4n) is 2.57. The summed E-state index contributed by atoms with van der Waals surface area (Å²) >= 11 is 0. The monoisotopic (exact) mass is 286 g/mol. The zero-order valence-electron chi connectivity index (χ0n) is 13.5. The standard InChI is InChI=1S/C16H38Si2/c1-4-5-6-7-8-9-10-11-12-14-17-15-13-16-18(2)3/h18H,4-17H2,1-3H3. The lowest BCUT2D eigenvalue weighted by molar-refractivity contribution is 0.572. The molecular weight excluding hydrogens is 248 g/mol. The van der Waals surface area contributed by atoms with E-state index >= 15 is 0 Å². The van der Waals surface area contributed by atoms with Crippen molar-refractivity contribution in [1.82, 2.24) is 0 Å². The molecule has 0 aliphatic heterocycles. The highest BCUT2D eigenvalue weighted by molar-refractivity contribution is 6.55. The Kier molecular flexibility index (Phi) is 15.9. The van der Waals surface area contributed by atoms with Gasteiger partial charge in [-0.2, -0.15) is 0 Å². The van der Waals surface area contributed by atoms with E-state index in [1.807, 2.05) is 0 Å². The minimum absolute atomic E-state index is 0.235. The van der Waals surface area contributed by atoms with E-state index in [0.29, 0.717) is 9.52 Å². The second kappa shape index (κ2) is 15.5. The van der Waals surface area contributed by atoms with Gasteiger partial charge in [-0.05, 0) is 0 Å². The molecule has 110 valence electrons. The van der Waals surface area contributed by atoms with E-state index in [-0.39, 0.29) is 8.80 Å². The molecule has 0 rings (SSSR count). The van der Waals surface area contributed by atoms with E-state index in [1.54, 1.807) is 31.0 Å². The Morgan fingerprint density at radius 2 is 1.17 bits per heavy atom. The first-order chi connectivity index (χ1) is 8.77. The molecule has 0 nitrogen and oxygen atoms in total. The van der Waals surface area contributed by atoms with Crippen molar-refractivity contribution in [1.29, 1.82) is 0 Å². The smallest absolute Gasteiger partial charge is 0.0305 e. The minimum atomic E-state index is -0.235. The third kappa shape index (κ3) is 16.4. The van der Waals surface area contributed by atoms with Crippen molar-refractivity contribution < 1.29 is 0 Å². The molecule has 0 aromatic heterocycles. The van der Waals surface area contributed by atoms with Crippen molar-refractivity contribution in [2.75, 3.05) is 0 Å². The molecule has 0 saturated heterocycles. The average Bonchev–Trinajstić information content (AvgIpc) is 2.34. The third-order valence-electron chi connectivity index (χ3n) is 3.89. The molecule has 0 aliphatic rings. The molecule has 0 amide bonds. The molecular formula is C16H38Si2. The van der Waals surface area contributed by atoms with Crippen molar-refractivity contribution >= 4 is 18.3 Å². The molecule has 0 N–H and O–H groups in total. The van der Waals surface area contributed by atoms with Gasteiger partial charge in [-0.3, -0.25) is 0 Å². The van der Waals surface area contributed by atoms with Crippen LogP contribution >= 0.6 is 0 Å². The zero-order chi connectivity index (χ0) is 13.5. The first-order valence-corrected chi connectivity index (χ1v) is 13.9. The van der Waals surface area contributed by atoms with Crippen LogP contribution < -0.4 is 0 Å². The van der Waals surface area contributed by atoms with Gasteiger partial charge in [-0.1, -0.05) is 102 Å². The number of rotatable bonds is 14. The maximum atomic E-state index is 2.49. The van der Waals surface area contributed by atoms with E-state index < -0.39 is 0 Å². The normalized spacial score (nSPS) is 12.0. The van der Waals surface area contributed by atoms with Crippen LogP contribution in [0.2, 0.25) is 31.2 Å². The van der Waals surface area contributed by atoms with Crippen LogP contribution in [0, 0.1) is 0 Å². The Bertz CT molecular complexity index is 146. The minimum Gasteiger partial charge on any atom is -0.0722 e. The highest BCUT2D eigenvalue weighted by atomic mass is 28.3. The van der Waals surface area contributed by atoms with Crippen molar-refractivity contribution in [3.63, 3.8) is 0 Å². The van der Waals surface area contributed by atoms with Gasteiger partial charge in [0.1, 0.15) is 0 Å². The van der Waals surface area contributed by atoms with Gasteiger partial charge in [-0.25, -0.2) is 0 Å². The summed E-state index contributed by atoms with van der Waals surface area (Å²) in [5.41, 5.74) is 0. The topological polar surface area (TPSA) is 0 Å². The molecule has 0 saturated carbocycles. The largest absolute Gasteiger partial charge is 0.0722 e. The van der Waals surface area contributed by atoms with E-state index in [4.69, 9.17) is 0 Å². The molecule has 0 spiro atoms. The summed E-state index contributed by atoms with van der Waals surface area (Å²) in [7, 11) is 0.105. The van der Waals surface area contributed by atoms with Crippen molar-refractivity contribution in [3.8, 4) is 0 Å². The molecule has 0 unspecified atom stereocenters. The fourth-order valence-corrected chi connectivity index (χ4v) is 5.96. The van der Waals surface area contributed by atoms with Crippen LogP contribution in [0.15, 0.2) is 0 Å². The van der Waals surface area contributed by atoms with Crippen LogP contribution in [-0.4, -0.2) is 18.3 Å². The first-order valence-electron chi connectivity index (χ1n) is 8.77. The summed E-state index contributed by atoms with van der Waals surface area (Å²) in [6.07, 6.45) is 15.0. The van der Waals surface area contributed by atoms with Crippen LogP contribution in [0.1, 0.15) is 71.1 Å². The second-order valence-corrected chi connectivity index (χ2v) is 11.9. The molecule has 0 aromatic carbocycles.